The smallest absolute Gasteiger partial charge is 0.166 e. The van der Waals surface area contributed by atoms with Crippen molar-refractivity contribution in [3.63, 3.8) is 0 Å². The van der Waals surface area contributed by atoms with E-state index in [1.54, 1.807) is 0 Å². The van der Waals surface area contributed by atoms with Crippen LogP contribution in [0.5, 0.6) is 0 Å². The van der Waals surface area contributed by atoms with Crippen LogP contribution in [0.25, 0.3) is 49.7 Å². The van der Waals surface area contributed by atoms with Crippen LogP contribution in [0.1, 0.15) is 11.1 Å². The van der Waals surface area contributed by atoms with Gasteiger partial charge in [-0.15, -0.1) is 0 Å². The van der Waals surface area contributed by atoms with E-state index in [0.717, 1.165) is 39.7 Å². The molecular weight excluding hydrogens is 344 g/mol. The van der Waals surface area contributed by atoms with Gasteiger partial charge in [-0.05, 0) is 70.5 Å². The van der Waals surface area contributed by atoms with Gasteiger partial charge in [0.1, 0.15) is 16.8 Å². The highest BCUT2D eigenvalue weighted by atomic mass is 15.1. The number of hydrogen-bond donors (Lipinski definition) is 0. The van der Waals surface area contributed by atoms with E-state index in [0.29, 0.717) is 0 Å². The lowest BCUT2D eigenvalue weighted by Gasteiger charge is -2.10. The average molecular weight is 358 g/mol. The Bertz CT molecular complexity index is 1590. The summed E-state index contributed by atoms with van der Waals surface area (Å²) in [6.07, 6.45) is 4.62. The third-order valence-electron chi connectivity index (χ3n) is 5.88. The Kier molecular flexibility index (Phi) is 2.51. The van der Waals surface area contributed by atoms with Crippen molar-refractivity contribution in [2.24, 2.45) is 0 Å². The summed E-state index contributed by atoms with van der Waals surface area (Å²) in [6.45, 7) is 0. The minimum Gasteiger partial charge on any atom is -0.260 e. The zero-order chi connectivity index (χ0) is 18.2. The van der Waals surface area contributed by atoms with Gasteiger partial charge in [0.15, 0.2) is 5.65 Å². The Morgan fingerprint density at radius 1 is 0.643 bits per heavy atom. The van der Waals surface area contributed by atoms with Gasteiger partial charge in [-0.2, -0.15) is 0 Å². The Hall–Kier alpha value is -3.79. The van der Waals surface area contributed by atoms with Crippen LogP contribution in [-0.2, 0) is 6.42 Å². The highest BCUT2D eigenvalue weighted by Gasteiger charge is 2.22. The maximum Gasteiger partial charge on any atom is 0.166 e. The molecule has 4 heterocycles. The number of aromatic nitrogens is 4. The number of rotatable bonds is 0. The van der Waals surface area contributed by atoms with Crippen LogP contribution in [0.4, 0.5) is 0 Å². The molecule has 130 valence electrons. The molecule has 0 bridgehead atoms. The van der Waals surface area contributed by atoms with Gasteiger partial charge >= 0.3 is 0 Å². The van der Waals surface area contributed by atoms with E-state index in [2.05, 4.69) is 51.8 Å². The highest BCUT2D eigenvalue weighted by molar-refractivity contribution is 6.14. The van der Waals surface area contributed by atoms with Crippen LogP contribution in [0, 0.1) is 0 Å². The molecule has 6 aromatic rings. The first-order chi connectivity index (χ1) is 13.9. The van der Waals surface area contributed by atoms with Gasteiger partial charge in [0.2, 0.25) is 0 Å². The fourth-order valence-electron chi connectivity index (χ4n) is 4.67. The summed E-state index contributed by atoms with van der Waals surface area (Å²) < 4.78 is 2.10. The summed E-state index contributed by atoms with van der Waals surface area (Å²) in [7, 11) is 0. The fourth-order valence-corrected chi connectivity index (χ4v) is 4.67. The number of nitrogens with zero attached hydrogens (tertiary/aromatic N) is 4. The molecule has 0 amide bonds. The van der Waals surface area contributed by atoms with Crippen LogP contribution in [0.15, 0.2) is 73.1 Å². The predicted molar refractivity (Wildman–Crippen MR) is 112 cm³/mol. The maximum atomic E-state index is 4.93. The number of imidazole rings is 1. The lowest BCUT2D eigenvalue weighted by Crippen LogP contribution is -1.95. The predicted octanol–water partition coefficient (Wildman–Crippen LogP) is 5.16. The molecule has 0 spiro atoms. The number of benzene rings is 2. The molecule has 0 N–H and O–H groups in total. The second-order valence-electron chi connectivity index (χ2n) is 7.38. The molecule has 2 aromatic carbocycles. The molecule has 0 saturated heterocycles. The Labute approximate surface area is 160 Å². The molecule has 0 aliphatic heterocycles. The summed E-state index contributed by atoms with van der Waals surface area (Å²) >= 11 is 0. The van der Waals surface area contributed by atoms with Crippen LogP contribution in [0.3, 0.4) is 0 Å². The minimum atomic E-state index is 0.854. The topological polar surface area (TPSA) is 43.1 Å². The third kappa shape index (κ3) is 1.68. The average Bonchev–Trinajstić information content (AvgIpc) is 3.31. The molecule has 0 fully saturated rings. The van der Waals surface area contributed by atoms with E-state index >= 15 is 0 Å². The Morgan fingerprint density at radius 2 is 1.50 bits per heavy atom. The molecule has 0 unspecified atom stereocenters. The van der Waals surface area contributed by atoms with Crippen molar-refractivity contribution in [2.45, 2.75) is 6.42 Å². The summed E-state index contributed by atoms with van der Waals surface area (Å²) in [5, 5.41) is 3.48. The van der Waals surface area contributed by atoms with E-state index in [4.69, 9.17) is 9.97 Å². The first kappa shape index (κ1) is 14.3. The normalized spacial score (nSPS) is 12.9. The molecule has 0 saturated carbocycles. The SMILES string of the molecule is c1ccc2c(c1)Cc1cc3c(cc1-2)c1cccnc1n1c2ncccc2nc31. The zero-order valence-electron chi connectivity index (χ0n) is 14.9. The number of fused-ring (bicyclic) bond motifs is 11. The summed E-state index contributed by atoms with van der Waals surface area (Å²) in [6, 6.07) is 21.4. The molecule has 0 radical (unpaired) electrons. The first-order valence-electron chi connectivity index (χ1n) is 9.43. The zero-order valence-corrected chi connectivity index (χ0v) is 14.9. The van der Waals surface area contributed by atoms with Gasteiger partial charge in [-0.3, -0.25) is 4.40 Å². The molecule has 1 aliphatic rings. The van der Waals surface area contributed by atoms with Crippen molar-refractivity contribution in [1.29, 1.82) is 0 Å². The van der Waals surface area contributed by atoms with Gasteiger partial charge in [-0.1, -0.05) is 24.3 Å². The quantitative estimate of drug-likeness (QED) is 0.352. The molecule has 7 rings (SSSR count). The van der Waals surface area contributed by atoms with Crippen LogP contribution < -0.4 is 0 Å². The van der Waals surface area contributed by atoms with Crippen molar-refractivity contribution < 1.29 is 0 Å². The second-order valence-corrected chi connectivity index (χ2v) is 7.38. The van der Waals surface area contributed by atoms with Crippen molar-refractivity contribution in [3.8, 4) is 11.1 Å². The lowest BCUT2D eigenvalue weighted by molar-refractivity contribution is 1.19. The van der Waals surface area contributed by atoms with Crippen LogP contribution >= 0.6 is 0 Å². The van der Waals surface area contributed by atoms with Crippen molar-refractivity contribution in [1.82, 2.24) is 19.4 Å². The van der Waals surface area contributed by atoms with Gasteiger partial charge in [0.05, 0.1) is 0 Å². The monoisotopic (exact) mass is 358 g/mol. The molecule has 4 nitrogen and oxygen atoms in total. The van der Waals surface area contributed by atoms with E-state index in [1.165, 1.54) is 27.6 Å². The van der Waals surface area contributed by atoms with Crippen molar-refractivity contribution in [3.05, 3.63) is 84.2 Å². The van der Waals surface area contributed by atoms with Crippen LogP contribution in [-0.4, -0.2) is 19.4 Å². The maximum absolute atomic E-state index is 4.93. The van der Waals surface area contributed by atoms with Gasteiger partial charge in [0, 0.05) is 23.2 Å². The number of hydrogen-bond acceptors (Lipinski definition) is 3. The molecule has 4 aromatic heterocycles. The number of pyridine rings is 3. The molecular formula is C24H14N4. The molecule has 28 heavy (non-hydrogen) atoms. The fraction of sp³-hybridized carbons (Fsp3) is 0.0417. The molecule has 4 heteroatoms. The highest BCUT2D eigenvalue weighted by Crippen LogP contribution is 2.41. The van der Waals surface area contributed by atoms with E-state index < -0.39 is 0 Å². The summed E-state index contributed by atoms with van der Waals surface area (Å²) in [4.78, 5) is 14.2. The van der Waals surface area contributed by atoms with Gasteiger partial charge < -0.3 is 0 Å². The van der Waals surface area contributed by atoms with Gasteiger partial charge in [-0.25, -0.2) is 15.0 Å². The Balaban J connectivity index is 1.74. The van der Waals surface area contributed by atoms with Crippen molar-refractivity contribution >= 4 is 38.6 Å². The molecule has 0 atom stereocenters. The van der Waals surface area contributed by atoms with Crippen LogP contribution in [0.2, 0.25) is 0 Å². The summed E-state index contributed by atoms with van der Waals surface area (Å²) in [5.41, 5.74) is 8.99. The second kappa shape index (κ2) is 4.93. The largest absolute Gasteiger partial charge is 0.260 e. The summed E-state index contributed by atoms with van der Waals surface area (Å²) in [5.74, 6) is 0. The van der Waals surface area contributed by atoms with E-state index in [9.17, 15) is 0 Å². The third-order valence-corrected chi connectivity index (χ3v) is 5.88. The Morgan fingerprint density at radius 3 is 2.46 bits per heavy atom. The first-order valence-corrected chi connectivity index (χ1v) is 9.43. The van der Waals surface area contributed by atoms with E-state index in [-0.39, 0.29) is 0 Å². The minimum absolute atomic E-state index is 0.854. The van der Waals surface area contributed by atoms with E-state index in [1.807, 2.05) is 30.6 Å². The standard InChI is InChI=1S/C24H14N4/c1-2-6-16-14(5-1)11-15-12-20-19(13-18(15)16)17-7-3-9-25-22(17)28-23(20)27-21-8-4-10-26-24(21)28/h1-10,12-13H,11H2. The van der Waals surface area contributed by atoms with Gasteiger partial charge in [0.25, 0.3) is 0 Å². The lowest BCUT2D eigenvalue weighted by atomic mass is 9.99. The van der Waals surface area contributed by atoms with Crippen molar-refractivity contribution in [2.75, 3.05) is 0 Å². The molecule has 1 aliphatic carbocycles.